The predicted octanol–water partition coefficient (Wildman–Crippen LogP) is 1.77. The van der Waals surface area contributed by atoms with Crippen molar-refractivity contribution in [2.75, 3.05) is 0 Å². The third-order valence-electron chi connectivity index (χ3n) is 3.05. The van der Waals surface area contributed by atoms with Crippen molar-refractivity contribution in [2.45, 2.75) is 26.6 Å². The van der Waals surface area contributed by atoms with Gasteiger partial charge in [0.2, 0.25) is 0 Å². The minimum absolute atomic E-state index is 0.160. The third kappa shape index (κ3) is 5.28. The van der Waals surface area contributed by atoms with Crippen LogP contribution in [0, 0.1) is 6.92 Å². The van der Waals surface area contributed by atoms with Crippen LogP contribution in [0.3, 0.4) is 0 Å². The number of para-hydroxylation sites is 1. The first-order chi connectivity index (χ1) is 11.9. The van der Waals surface area contributed by atoms with E-state index in [4.69, 9.17) is 15.2 Å². The number of hydrogen-bond donors (Lipinski definition) is 2. The van der Waals surface area contributed by atoms with Gasteiger partial charge in [-0.15, -0.1) is 11.3 Å². The standard InChI is InChI=1S/C16H17N3O5S/c1-9(14(20)19-16(17)22)24-15(21)12-5-3-4-6-13(12)23-7-11-8-25-10(2)18-11/h3-6,8-9H,7H2,1-2H3,(H3,17,19,20,22)/t9-/m1/s1. The van der Waals surface area contributed by atoms with Crippen molar-refractivity contribution in [3.8, 4) is 5.75 Å². The Bertz CT molecular complexity index is 790. The molecule has 1 aromatic carbocycles. The van der Waals surface area contributed by atoms with E-state index < -0.39 is 24.0 Å². The average molecular weight is 363 g/mol. The summed E-state index contributed by atoms with van der Waals surface area (Å²) in [6, 6.07) is 5.47. The number of carbonyl (C=O) groups excluding carboxylic acids is 3. The number of aryl methyl sites for hydroxylation is 1. The summed E-state index contributed by atoms with van der Waals surface area (Å²) in [5.41, 5.74) is 5.77. The Morgan fingerprint density at radius 2 is 2.04 bits per heavy atom. The van der Waals surface area contributed by atoms with E-state index in [1.807, 2.05) is 17.6 Å². The molecule has 0 unspecified atom stereocenters. The number of hydrogen-bond acceptors (Lipinski definition) is 7. The molecule has 0 fully saturated rings. The number of aromatic nitrogens is 1. The molecule has 3 N–H and O–H groups in total. The molecule has 8 nitrogen and oxygen atoms in total. The number of primary amides is 1. The number of thiazole rings is 1. The second kappa shape index (κ2) is 8.25. The maximum Gasteiger partial charge on any atom is 0.342 e. The Morgan fingerprint density at radius 1 is 1.32 bits per heavy atom. The van der Waals surface area contributed by atoms with E-state index in [9.17, 15) is 14.4 Å². The van der Waals surface area contributed by atoms with Crippen molar-refractivity contribution >= 4 is 29.2 Å². The molecule has 3 amide bonds. The summed E-state index contributed by atoms with van der Waals surface area (Å²) in [6.45, 7) is 3.42. The van der Waals surface area contributed by atoms with Crippen LogP contribution in [-0.4, -0.2) is 29.0 Å². The monoisotopic (exact) mass is 363 g/mol. The van der Waals surface area contributed by atoms with Gasteiger partial charge in [0.15, 0.2) is 6.10 Å². The van der Waals surface area contributed by atoms with Crippen molar-refractivity contribution < 1.29 is 23.9 Å². The molecule has 0 aliphatic rings. The summed E-state index contributed by atoms with van der Waals surface area (Å²) in [7, 11) is 0. The topological polar surface area (TPSA) is 121 Å². The van der Waals surface area contributed by atoms with Crippen LogP contribution in [0.4, 0.5) is 4.79 Å². The number of urea groups is 1. The quantitative estimate of drug-likeness (QED) is 0.755. The lowest BCUT2D eigenvalue weighted by Gasteiger charge is -2.14. The van der Waals surface area contributed by atoms with Crippen LogP contribution in [0.5, 0.6) is 5.75 Å². The summed E-state index contributed by atoms with van der Waals surface area (Å²) < 4.78 is 10.7. The summed E-state index contributed by atoms with van der Waals surface area (Å²) in [6.07, 6.45) is -1.19. The Kier molecular flexibility index (Phi) is 6.07. The molecule has 2 aromatic rings. The van der Waals surface area contributed by atoms with E-state index in [0.29, 0.717) is 5.75 Å². The highest BCUT2D eigenvalue weighted by atomic mass is 32.1. The van der Waals surface area contributed by atoms with Crippen LogP contribution in [-0.2, 0) is 16.1 Å². The lowest BCUT2D eigenvalue weighted by atomic mass is 10.2. The highest BCUT2D eigenvalue weighted by molar-refractivity contribution is 7.09. The number of carbonyl (C=O) groups is 3. The number of ether oxygens (including phenoxy) is 2. The molecule has 0 saturated heterocycles. The van der Waals surface area contributed by atoms with Crippen LogP contribution >= 0.6 is 11.3 Å². The van der Waals surface area contributed by atoms with Crippen LogP contribution in [0.25, 0.3) is 0 Å². The molecule has 1 heterocycles. The first kappa shape index (κ1) is 18.4. The zero-order chi connectivity index (χ0) is 18.4. The second-order valence-corrected chi connectivity index (χ2v) is 6.11. The molecular formula is C16H17N3O5S. The van der Waals surface area contributed by atoms with Crippen LogP contribution in [0.1, 0.15) is 28.0 Å². The Labute approximate surface area is 148 Å². The molecule has 2 rings (SSSR count). The molecule has 0 spiro atoms. The van der Waals surface area contributed by atoms with Gasteiger partial charge in [0.05, 0.1) is 10.7 Å². The predicted molar refractivity (Wildman–Crippen MR) is 90.2 cm³/mol. The van der Waals surface area contributed by atoms with Crippen molar-refractivity contribution in [2.24, 2.45) is 5.73 Å². The number of nitrogens with one attached hydrogen (secondary N) is 1. The van der Waals surface area contributed by atoms with Crippen molar-refractivity contribution in [3.63, 3.8) is 0 Å². The van der Waals surface area contributed by atoms with Gasteiger partial charge in [0.1, 0.15) is 17.9 Å². The lowest BCUT2D eigenvalue weighted by molar-refractivity contribution is -0.127. The summed E-state index contributed by atoms with van der Waals surface area (Å²) in [4.78, 5) is 38.8. The van der Waals surface area contributed by atoms with Gasteiger partial charge >= 0.3 is 12.0 Å². The first-order valence-electron chi connectivity index (χ1n) is 7.31. The van der Waals surface area contributed by atoms with Gasteiger partial charge in [-0.3, -0.25) is 10.1 Å². The fraction of sp³-hybridized carbons (Fsp3) is 0.250. The lowest BCUT2D eigenvalue weighted by Crippen LogP contribution is -2.42. The number of rotatable bonds is 6. The van der Waals surface area contributed by atoms with Crippen molar-refractivity contribution in [3.05, 3.63) is 45.9 Å². The number of benzene rings is 1. The van der Waals surface area contributed by atoms with Crippen LogP contribution in [0.15, 0.2) is 29.6 Å². The SMILES string of the molecule is Cc1nc(COc2ccccc2C(=O)O[C@H](C)C(=O)NC(N)=O)cs1. The van der Waals surface area contributed by atoms with Gasteiger partial charge in [-0.2, -0.15) is 0 Å². The number of amides is 3. The van der Waals surface area contributed by atoms with Crippen LogP contribution in [0.2, 0.25) is 0 Å². The van der Waals surface area contributed by atoms with Gasteiger partial charge in [-0.25, -0.2) is 14.6 Å². The van der Waals surface area contributed by atoms with E-state index in [1.54, 1.807) is 18.2 Å². The van der Waals surface area contributed by atoms with Crippen LogP contribution < -0.4 is 15.8 Å². The minimum Gasteiger partial charge on any atom is -0.486 e. The smallest absolute Gasteiger partial charge is 0.342 e. The minimum atomic E-state index is -1.19. The highest BCUT2D eigenvalue weighted by Gasteiger charge is 2.22. The first-order valence-corrected chi connectivity index (χ1v) is 8.19. The summed E-state index contributed by atoms with van der Waals surface area (Å²) in [5.74, 6) is -1.25. The van der Waals surface area contributed by atoms with E-state index in [2.05, 4.69) is 4.98 Å². The second-order valence-electron chi connectivity index (χ2n) is 5.04. The molecule has 0 aliphatic heterocycles. The Morgan fingerprint density at radius 3 is 2.68 bits per heavy atom. The van der Waals surface area contributed by atoms with Gasteiger partial charge in [-0.05, 0) is 26.0 Å². The molecule has 1 aromatic heterocycles. The maximum absolute atomic E-state index is 12.3. The Hall–Kier alpha value is -2.94. The molecule has 132 valence electrons. The van der Waals surface area contributed by atoms with E-state index in [0.717, 1.165) is 10.7 Å². The Balaban J connectivity index is 2.04. The number of nitrogens with zero attached hydrogens (tertiary/aromatic N) is 1. The zero-order valence-corrected chi connectivity index (χ0v) is 14.5. The fourth-order valence-electron chi connectivity index (χ4n) is 1.89. The van der Waals surface area contributed by atoms with E-state index in [1.165, 1.54) is 24.3 Å². The molecule has 0 radical (unpaired) electrons. The van der Waals surface area contributed by atoms with Crippen molar-refractivity contribution in [1.82, 2.24) is 10.3 Å². The van der Waals surface area contributed by atoms with E-state index >= 15 is 0 Å². The largest absolute Gasteiger partial charge is 0.486 e. The molecule has 0 saturated carbocycles. The van der Waals surface area contributed by atoms with Gasteiger partial charge in [-0.1, -0.05) is 12.1 Å². The number of esters is 1. The molecule has 25 heavy (non-hydrogen) atoms. The normalized spacial score (nSPS) is 11.4. The average Bonchev–Trinajstić information content (AvgIpc) is 2.98. The molecule has 0 aliphatic carbocycles. The van der Waals surface area contributed by atoms with Gasteiger partial charge in [0.25, 0.3) is 5.91 Å². The fourth-order valence-corrected chi connectivity index (χ4v) is 2.49. The molecule has 9 heteroatoms. The zero-order valence-electron chi connectivity index (χ0n) is 13.6. The third-order valence-corrected chi connectivity index (χ3v) is 3.87. The summed E-state index contributed by atoms with van der Waals surface area (Å²) in [5, 5.41) is 4.63. The molecule has 0 bridgehead atoms. The molecular weight excluding hydrogens is 346 g/mol. The highest BCUT2D eigenvalue weighted by Crippen LogP contribution is 2.21. The maximum atomic E-state index is 12.3. The number of nitrogens with two attached hydrogens (primary N) is 1. The summed E-state index contributed by atoms with van der Waals surface area (Å²) >= 11 is 1.50. The van der Waals surface area contributed by atoms with Gasteiger partial charge < -0.3 is 15.2 Å². The van der Waals surface area contributed by atoms with Gasteiger partial charge in [0, 0.05) is 5.38 Å². The van der Waals surface area contributed by atoms with Crippen molar-refractivity contribution in [1.29, 1.82) is 0 Å². The molecule has 1 atom stereocenters. The van der Waals surface area contributed by atoms with E-state index in [-0.39, 0.29) is 12.2 Å². The number of imide groups is 1.